The van der Waals surface area contributed by atoms with Crippen molar-refractivity contribution in [3.05, 3.63) is 0 Å². The van der Waals surface area contributed by atoms with Gasteiger partial charge in [0.1, 0.15) is 0 Å². The van der Waals surface area contributed by atoms with Crippen molar-refractivity contribution in [1.82, 2.24) is 0 Å². The summed E-state index contributed by atoms with van der Waals surface area (Å²) in [7, 11) is 0. The molecule has 0 spiro atoms. The minimum atomic E-state index is 0.354. The number of rotatable bonds is 0. The molecular weight excluding hydrogens is 119 g/mol. The summed E-state index contributed by atoms with van der Waals surface area (Å²) in [6.07, 6.45) is 0. The Morgan fingerprint density at radius 2 is 2.00 bits per heavy atom. The molecule has 0 amide bonds. The molecule has 24 valence electrons. The molecule has 4 N–H and O–H groups in total. The summed E-state index contributed by atoms with van der Waals surface area (Å²) in [4.78, 5) is 0. The number of nitrogens with two attached hydrogens (primary N) is 2. The molecule has 0 aromatic rings. The quantitative estimate of drug-likeness (QED) is 0.201. The Morgan fingerprint density at radius 3 is 2.00 bits per heavy atom. The van der Waals surface area contributed by atoms with Crippen LogP contribution in [-0.4, -0.2) is 20.7 Å². The van der Waals surface area contributed by atoms with Crippen LogP contribution >= 0.6 is 0 Å². The second kappa shape index (κ2) is 1.32. The Morgan fingerprint density at radius 1 is 2.00 bits per heavy atom. The van der Waals surface area contributed by atoms with E-state index < -0.39 is 0 Å². The van der Waals surface area contributed by atoms with E-state index in [-0.39, 0.29) is 0 Å². The van der Waals surface area contributed by atoms with Gasteiger partial charge >= 0.3 is 31.9 Å². The van der Waals surface area contributed by atoms with Gasteiger partial charge in [-0.25, -0.2) is 0 Å². The molecular formula is CH5N2Se+. The SMILES string of the molecule is NC(=[NH2+])[SeH]. The number of amidine groups is 1. The van der Waals surface area contributed by atoms with E-state index in [1.54, 1.807) is 0 Å². The third-order valence-electron chi connectivity index (χ3n) is 0. The van der Waals surface area contributed by atoms with Gasteiger partial charge in [0.05, 0.1) is 0 Å². The van der Waals surface area contributed by atoms with Crippen LogP contribution in [0, 0.1) is 0 Å². The van der Waals surface area contributed by atoms with E-state index in [0.717, 1.165) is 0 Å². The van der Waals surface area contributed by atoms with E-state index in [4.69, 9.17) is 11.1 Å². The van der Waals surface area contributed by atoms with Crippen molar-refractivity contribution in [1.29, 1.82) is 0 Å². The van der Waals surface area contributed by atoms with E-state index in [9.17, 15) is 0 Å². The third-order valence-corrected chi connectivity index (χ3v) is 0. The first-order valence-corrected chi connectivity index (χ1v) is 1.74. The van der Waals surface area contributed by atoms with Crippen molar-refractivity contribution < 1.29 is 5.41 Å². The van der Waals surface area contributed by atoms with Gasteiger partial charge in [-0.3, -0.25) is 0 Å². The van der Waals surface area contributed by atoms with Gasteiger partial charge < -0.3 is 0 Å². The molecule has 0 saturated carbocycles. The molecule has 0 fully saturated rings. The fourth-order valence-electron chi connectivity index (χ4n) is 0. The first-order chi connectivity index (χ1) is 1.73. The molecule has 0 aromatic heterocycles. The Bertz CT molecular complexity index is 29.0. The van der Waals surface area contributed by atoms with E-state index in [1.807, 2.05) is 16.0 Å². The van der Waals surface area contributed by atoms with Crippen molar-refractivity contribution in [2.45, 2.75) is 0 Å². The van der Waals surface area contributed by atoms with Crippen molar-refractivity contribution in [2.75, 3.05) is 0 Å². The van der Waals surface area contributed by atoms with Crippen molar-refractivity contribution in [3.8, 4) is 0 Å². The Labute approximate surface area is 32.7 Å². The van der Waals surface area contributed by atoms with Crippen molar-refractivity contribution in [2.24, 2.45) is 5.73 Å². The fourth-order valence-corrected chi connectivity index (χ4v) is 0. The molecule has 0 bridgehead atoms. The Balaban J connectivity index is 2.80. The monoisotopic (exact) mass is 125 g/mol. The van der Waals surface area contributed by atoms with Gasteiger partial charge in [-0.2, -0.15) is 0 Å². The zero-order chi connectivity index (χ0) is 3.58. The number of hydrogen-bond donors (Lipinski definition) is 2. The maximum atomic E-state index is 4.78. The van der Waals surface area contributed by atoms with Gasteiger partial charge in [-0.15, -0.1) is 0 Å². The van der Waals surface area contributed by atoms with Crippen LogP contribution in [0.2, 0.25) is 0 Å². The summed E-state index contributed by atoms with van der Waals surface area (Å²) in [5.74, 6) is 0. The second-order valence-corrected chi connectivity index (χ2v) is 1.51. The topological polar surface area (TPSA) is 51.6 Å². The molecule has 0 aliphatic carbocycles. The van der Waals surface area contributed by atoms with Gasteiger partial charge in [0, 0.05) is 0 Å². The molecule has 0 saturated heterocycles. The van der Waals surface area contributed by atoms with E-state index in [0.29, 0.717) is 4.73 Å². The van der Waals surface area contributed by atoms with Crippen LogP contribution in [0.5, 0.6) is 0 Å². The first-order valence-electron chi connectivity index (χ1n) is 0.801. The van der Waals surface area contributed by atoms with Gasteiger partial charge in [0.2, 0.25) is 0 Å². The van der Waals surface area contributed by atoms with Gasteiger partial charge in [-0.1, -0.05) is 0 Å². The summed E-state index contributed by atoms with van der Waals surface area (Å²) < 4.78 is 0.354. The van der Waals surface area contributed by atoms with Crippen LogP contribution in [0.1, 0.15) is 0 Å². The molecule has 3 heteroatoms. The molecule has 0 aliphatic heterocycles. The molecule has 0 unspecified atom stereocenters. The zero-order valence-corrected chi connectivity index (χ0v) is 3.98. The van der Waals surface area contributed by atoms with Crippen LogP contribution < -0.4 is 11.1 Å². The Hall–Kier alpha value is -0.0105. The van der Waals surface area contributed by atoms with Gasteiger partial charge in [0.25, 0.3) is 0 Å². The van der Waals surface area contributed by atoms with Crippen LogP contribution in [0.3, 0.4) is 0 Å². The van der Waals surface area contributed by atoms with Crippen LogP contribution in [0.25, 0.3) is 0 Å². The van der Waals surface area contributed by atoms with Gasteiger partial charge in [0.15, 0.2) is 0 Å². The standard InChI is InChI=1S/CH4N2Se/c2-1(3)4/h(H4,2,3,4)/p+1. The average Bonchev–Trinajstić information content (AvgIpc) is 0.811. The van der Waals surface area contributed by atoms with Crippen LogP contribution in [0.15, 0.2) is 0 Å². The van der Waals surface area contributed by atoms with Crippen LogP contribution in [0.4, 0.5) is 0 Å². The minimum absolute atomic E-state index is 0.354. The molecule has 4 heavy (non-hydrogen) atoms. The van der Waals surface area contributed by atoms with E-state index >= 15 is 0 Å². The van der Waals surface area contributed by atoms with E-state index in [2.05, 4.69) is 0 Å². The summed E-state index contributed by atoms with van der Waals surface area (Å²) >= 11 is 2.01. The zero-order valence-electron chi connectivity index (χ0n) is 2.10. The predicted octanol–water partition coefficient (Wildman–Crippen LogP) is -3.04. The fraction of sp³-hybridized carbons (Fsp3) is 0. The molecule has 0 atom stereocenters. The maximum absolute atomic E-state index is 4.78. The normalized spacial score (nSPS) is 6.25. The average molecular weight is 124 g/mol. The molecule has 0 aromatic carbocycles. The molecule has 0 radical (unpaired) electrons. The summed E-state index contributed by atoms with van der Waals surface area (Å²) in [5.41, 5.74) is 4.78. The molecule has 2 nitrogen and oxygen atoms in total. The second-order valence-electron chi connectivity index (χ2n) is 0.425. The predicted molar refractivity (Wildman–Crippen MR) is 18.3 cm³/mol. The van der Waals surface area contributed by atoms with Crippen molar-refractivity contribution >= 4 is 20.7 Å². The summed E-state index contributed by atoms with van der Waals surface area (Å²) in [6.45, 7) is 0. The third kappa shape index (κ3) is 17600. The molecule has 0 heterocycles. The number of hydrogen-bond acceptors (Lipinski definition) is 0. The molecule has 0 aliphatic rings. The van der Waals surface area contributed by atoms with Gasteiger partial charge in [-0.05, 0) is 0 Å². The summed E-state index contributed by atoms with van der Waals surface area (Å²) in [6, 6.07) is 0. The Kier molecular flexibility index (Phi) is 1.32. The van der Waals surface area contributed by atoms with E-state index in [1.165, 1.54) is 0 Å². The summed E-state index contributed by atoms with van der Waals surface area (Å²) in [5, 5.41) is 4.78. The van der Waals surface area contributed by atoms with Crippen LogP contribution in [-0.2, 0) is 0 Å². The first kappa shape index (κ1) is 3.99. The molecule has 0 rings (SSSR count). The van der Waals surface area contributed by atoms with Crippen molar-refractivity contribution in [3.63, 3.8) is 0 Å².